The molecule has 0 saturated heterocycles. The molecule has 0 amide bonds. The van der Waals surface area contributed by atoms with Crippen LogP contribution in [0.25, 0.3) is 0 Å². The molecule has 0 aliphatic carbocycles. The van der Waals surface area contributed by atoms with Gasteiger partial charge in [-0.2, -0.15) is 0 Å². The second-order valence-electron chi connectivity index (χ2n) is 1.48. The van der Waals surface area contributed by atoms with Crippen LogP contribution in [0, 0.1) is 0 Å². The molecule has 0 saturated carbocycles. The lowest BCUT2D eigenvalue weighted by molar-refractivity contribution is 1.31. The first-order valence-corrected chi connectivity index (χ1v) is 3.19. The van der Waals surface area contributed by atoms with E-state index in [1.807, 2.05) is 18.2 Å². The van der Waals surface area contributed by atoms with E-state index in [0.717, 1.165) is 5.82 Å². The molecule has 0 unspecified atom stereocenters. The van der Waals surface area contributed by atoms with E-state index in [2.05, 4.69) is 30.6 Å². The molecule has 0 aliphatic rings. The summed E-state index contributed by atoms with van der Waals surface area (Å²) in [6, 6.07) is 5.54. The molecule has 2 nitrogen and oxygen atoms in total. The zero-order valence-electron chi connectivity index (χ0n) is 4.60. The van der Waals surface area contributed by atoms with E-state index < -0.39 is 0 Å². The Kier molecular flexibility index (Phi) is 2.24. The van der Waals surface area contributed by atoms with Crippen LogP contribution >= 0.6 is 25.6 Å². The molecule has 4 heteroatoms. The Hall–Kier alpha value is -0.350. The van der Waals surface area contributed by atoms with Crippen LogP contribution in [-0.4, -0.2) is 4.98 Å². The Bertz CT molecular complexity index is 176. The fourth-order valence-corrected chi connectivity index (χ4v) is 0.709. The van der Waals surface area contributed by atoms with E-state index in [4.69, 9.17) is 0 Å². The van der Waals surface area contributed by atoms with E-state index in [-0.39, 0.29) is 0 Å². The lowest BCUT2D eigenvalue weighted by Gasteiger charge is -2.04. The molecule has 0 radical (unpaired) electrons. The van der Waals surface area contributed by atoms with Crippen molar-refractivity contribution in [3.63, 3.8) is 0 Å². The number of anilines is 1. The average molecular weight is 158 g/mol. The molecule has 1 rings (SSSR count). The van der Waals surface area contributed by atoms with Crippen LogP contribution in [0.2, 0.25) is 0 Å². The summed E-state index contributed by atoms with van der Waals surface area (Å²) in [5.41, 5.74) is 0. The molecule has 0 fully saturated rings. The molecule has 0 aliphatic heterocycles. The van der Waals surface area contributed by atoms with Crippen molar-refractivity contribution in [3.8, 4) is 0 Å². The quantitative estimate of drug-likeness (QED) is 0.604. The van der Waals surface area contributed by atoms with E-state index >= 15 is 0 Å². The largest absolute Gasteiger partial charge is 0.247 e. The van der Waals surface area contributed by atoms with Crippen LogP contribution in [0.5, 0.6) is 0 Å². The zero-order chi connectivity index (χ0) is 6.69. The Balaban J connectivity index is 2.85. The normalized spacial score (nSPS) is 9.11. The van der Waals surface area contributed by atoms with Crippen LogP contribution < -0.4 is 3.71 Å². The first-order chi connectivity index (χ1) is 4.30. The van der Waals surface area contributed by atoms with E-state index in [1.54, 1.807) is 6.20 Å². The summed E-state index contributed by atoms with van der Waals surface area (Å²) in [7, 11) is 0. The van der Waals surface area contributed by atoms with E-state index in [0.29, 0.717) is 0 Å². The van der Waals surface area contributed by atoms with Crippen LogP contribution in [0.1, 0.15) is 0 Å². The zero-order valence-corrected chi connectivity index (χ0v) is 6.39. The standard InChI is InChI=1S/C5H6N2S2/c8-7(9)5-3-1-2-4-6-5/h1-4,8-9H. The van der Waals surface area contributed by atoms with Gasteiger partial charge in [-0.1, -0.05) is 31.7 Å². The average Bonchev–Trinajstić information content (AvgIpc) is 1.90. The smallest absolute Gasteiger partial charge is 0.148 e. The Labute approximate surface area is 65.0 Å². The van der Waals surface area contributed by atoms with Gasteiger partial charge in [-0.15, -0.1) is 0 Å². The minimum absolute atomic E-state index is 0.726. The van der Waals surface area contributed by atoms with Crippen LogP contribution in [0.4, 0.5) is 5.82 Å². The third kappa shape index (κ3) is 1.80. The van der Waals surface area contributed by atoms with Crippen molar-refractivity contribution < 1.29 is 0 Å². The Morgan fingerprint density at radius 3 is 2.44 bits per heavy atom. The third-order valence-corrected chi connectivity index (χ3v) is 1.26. The van der Waals surface area contributed by atoms with Gasteiger partial charge in [0.05, 0.1) is 0 Å². The summed E-state index contributed by atoms with van der Waals surface area (Å²) in [4.78, 5) is 3.95. The number of rotatable bonds is 1. The summed E-state index contributed by atoms with van der Waals surface area (Å²) in [5, 5.41) is 0. The molecule has 0 bridgehead atoms. The van der Waals surface area contributed by atoms with Gasteiger partial charge >= 0.3 is 0 Å². The first kappa shape index (κ1) is 6.77. The van der Waals surface area contributed by atoms with Crippen molar-refractivity contribution in [3.05, 3.63) is 24.4 Å². The van der Waals surface area contributed by atoms with Crippen molar-refractivity contribution in [1.29, 1.82) is 0 Å². The van der Waals surface area contributed by atoms with Gasteiger partial charge in [0.1, 0.15) is 5.82 Å². The van der Waals surface area contributed by atoms with Gasteiger partial charge in [-0.05, 0) is 12.1 Å². The molecule has 0 N–H and O–H groups in total. The highest BCUT2D eigenvalue weighted by molar-refractivity contribution is 8.00. The summed E-state index contributed by atoms with van der Waals surface area (Å²) in [6.07, 6.45) is 1.69. The third-order valence-electron chi connectivity index (χ3n) is 0.854. The minimum atomic E-state index is 0.726. The van der Waals surface area contributed by atoms with Crippen molar-refractivity contribution in [2.75, 3.05) is 3.71 Å². The molecule has 1 heterocycles. The predicted octanol–water partition coefficient (Wildman–Crippen LogP) is 1.58. The number of pyridine rings is 1. The molecule has 1 aromatic rings. The summed E-state index contributed by atoms with van der Waals surface area (Å²) < 4.78 is 1.36. The predicted molar refractivity (Wildman–Crippen MR) is 44.7 cm³/mol. The fraction of sp³-hybridized carbons (Fsp3) is 0. The number of hydrogen-bond acceptors (Lipinski definition) is 4. The topological polar surface area (TPSA) is 16.1 Å². The number of thiol groups is 2. The highest BCUT2D eigenvalue weighted by atomic mass is 32.2. The summed E-state index contributed by atoms with van der Waals surface area (Å²) >= 11 is 7.85. The summed E-state index contributed by atoms with van der Waals surface area (Å²) in [5.74, 6) is 0.726. The first-order valence-electron chi connectivity index (χ1n) is 2.39. The molecule has 0 atom stereocenters. The van der Waals surface area contributed by atoms with Gasteiger partial charge < -0.3 is 0 Å². The lowest BCUT2D eigenvalue weighted by Crippen LogP contribution is -1.93. The van der Waals surface area contributed by atoms with Crippen molar-refractivity contribution >= 4 is 31.4 Å². The molecule has 9 heavy (non-hydrogen) atoms. The molecule has 0 spiro atoms. The highest BCUT2D eigenvalue weighted by Crippen LogP contribution is 2.12. The molecular weight excluding hydrogens is 152 g/mol. The second-order valence-corrected chi connectivity index (χ2v) is 2.59. The van der Waals surface area contributed by atoms with Gasteiger partial charge in [0, 0.05) is 6.20 Å². The second kappa shape index (κ2) is 2.98. The molecule has 1 aromatic heterocycles. The lowest BCUT2D eigenvalue weighted by atomic mass is 10.5. The fourth-order valence-electron chi connectivity index (χ4n) is 0.472. The maximum atomic E-state index is 3.95. The van der Waals surface area contributed by atoms with Gasteiger partial charge in [0.25, 0.3) is 0 Å². The van der Waals surface area contributed by atoms with Crippen LogP contribution in [0.15, 0.2) is 24.4 Å². The maximum absolute atomic E-state index is 3.95. The number of nitrogens with zero attached hydrogens (tertiary/aromatic N) is 2. The van der Waals surface area contributed by atoms with Crippen LogP contribution in [-0.2, 0) is 0 Å². The SMILES string of the molecule is SN(S)c1ccccn1. The van der Waals surface area contributed by atoms with E-state index in [1.165, 1.54) is 3.71 Å². The van der Waals surface area contributed by atoms with Gasteiger partial charge in [-0.25, -0.2) is 8.69 Å². The number of aromatic nitrogens is 1. The monoisotopic (exact) mass is 158 g/mol. The molecule has 48 valence electrons. The summed E-state index contributed by atoms with van der Waals surface area (Å²) in [6.45, 7) is 0. The van der Waals surface area contributed by atoms with Crippen molar-refractivity contribution in [2.45, 2.75) is 0 Å². The van der Waals surface area contributed by atoms with Crippen molar-refractivity contribution in [2.24, 2.45) is 0 Å². The van der Waals surface area contributed by atoms with E-state index in [9.17, 15) is 0 Å². The van der Waals surface area contributed by atoms with Gasteiger partial charge in [-0.3, -0.25) is 0 Å². The molecule has 0 aromatic carbocycles. The maximum Gasteiger partial charge on any atom is 0.148 e. The van der Waals surface area contributed by atoms with Crippen LogP contribution in [0.3, 0.4) is 0 Å². The van der Waals surface area contributed by atoms with Crippen molar-refractivity contribution in [1.82, 2.24) is 4.98 Å². The molecular formula is C5H6N2S2. The van der Waals surface area contributed by atoms with Gasteiger partial charge in [0.2, 0.25) is 0 Å². The Morgan fingerprint density at radius 2 is 2.11 bits per heavy atom. The number of hydrogen-bond donors (Lipinski definition) is 2. The Morgan fingerprint density at radius 1 is 1.33 bits per heavy atom. The van der Waals surface area contributed by atoms with Gasteiger partial charge in [0.15, 0.2) is 0 Å². The highest BCUT2D eigenvalue weighted by Gasteiger charge is 1.92. The minimum Gasteiger partial charge on any atom is -0.247 e.